The van der Waals surface area contributed by atoms with Crippen LogP contribution in [-0.4, -0.2) is 199 Å². The summed E-state index contributed by atoms with van der Waals surface area (Å²) in [5.41, 5.74) is 15.0. The number of hydrogen-bond donors (Lipinski definition) is 14. The molecule has 0 unspecified atom stereocenters. The maximum atomic E-state index is 12.8. The Morgan fingerprint density at radius 2 is 1.14 bits per heavy atom. The predicted octanol–water partition coefficient (Wildman–Crippen LogP) is -16.9. The van der Waals surface area contributed by atoms with Crippen molar-refractivity contribution < 1.29 is 132 Å². The predicted molar refractivity (Wildman–Crippen MR) is 175 cm³/mol. The highest BCUT2D eigenvalue weighted by Crippen LogP contribution is 2.31. The van der Waals surface area contributed by atoms with Gasteiger partial charge in [-0.1, -0.05) is 0 Å². The zero-order valence-electron chi connectivity index (χ0n) is 32.5. The molecule has 0 aromatic rings. The fourth-order valence-corrected chi connectivity index (χ4v) is 5.44. The Morgan fingerprint density at radius 1 is 0.707 bits per heavy atom. The van der Waals surface area contributed by atoms with Gasteiger partial charge in [0.2, 0.25) is 5.91 Å². The van der Waals surface area contributed by atoms with Gasteiger partial charge in [0.05, 0.1) is 19.3 Å². The molecule has 2 aliphatic heterocycles. The summed E-state index contributed by atoms with van der Waals surface area (Å²) in [5, 5.41) is 131. The van der Waals surface area contributed by atoms with Gasteiger partial charge in [-0.3, -0.25) is 4.79 Å². The minimum atomic E-state index is -1.71. The van der Waals surface area contributed by atoms with Crippen molar-refractivity contribution in [1.29, 1.82) is 0 Å². The van der Waals surface area contributed by atoms with E-state index in [4.69, 9.17) is 58.6 Å². The molecule has 1 amide bonds. The van der Waals surface area contributed by atoms with Crippen LogP contribution in [0.3, 0.4) is 0 Å². The number of aliphatic hydroxyl groups is 9. The zero-order chi connectivity index (χ0) is 45.8. The van der Waals surface area contributed by atoms with E-state index in [9.17, 15) is 50.8 Å². The third kappa shape index (κ3) is 20.6. The summed E-state index contributed by atoms with van der Waals surface area (Å²) in [6.45, 7) is 2.91. The average Bonchev–Trinajstić information content (AvgIpc) is 3.10. The number of carboxylic acid groups (broad SMARTS) is 4. The summed E-state index contributed by atoms with van der Waals surface area (Å²) in [5.74, 6) is -5.19. The Morgan fingerprint density at radius 3 is 1.57 bits per heavy atom. The van der Waals surface area contributed by atoms with Crippen LogP contribution in [0.15, 0.2) is 0 Å². The molecule has 3 fully saturated rings. The first-order valence-corrected chi connectivity index (χ1v) is 17.6. The largest absolute Gasteiger partial charge is 0.550 e. The highest BCUT2D eigenvalue weighted by molar-refractivity contribution is 5.80. The molecule has 2 saturated heterocycles. The van der Waals surface area contributed by atoms with Gasteiger partial charge in [0.15, 0.2) is 18.7 Å². The van der Waals surface area contributed by atoms with Gasteiger partial charge >= 0.3 is 0 Å². The van der Waals surface area contributed by atoms with Crippen molar-refractivity contribution in [3.63, 3.8) is 0 Å². The maximum Gasteiger partial charge on any atom is 0.249 e. The Hall–Kier alpha value is -3.33. The molecule has 17 atom stereocenters. The number of ether oxygens (including phenoxy) is 4. The van der Waals surface area contributed by atoms with E-state index >= 15 is 0 Å². The molecule has 58 heavy (non-hydrogen) atoms. The Bertz CT molecular complexity index is 1170. The van der Waals surface area contributed by atoms with Gasteiger partial charge in [0.25, 0.3) is 0 Å². The highest BCUT2D eigenvalue weighted by atomic mass is 16.7. The summed E-state index contributed by atoms with van der Waals surface area (Å²) in [6.07, 6.45) is -19.0. The van der Waals surface area contributed by atoms with E-state index in [1.165, 1.54) is 0 Å². The fourth-order valence-electron chi connectivity index (χ4n) is 5.44. The van der Waals surface area contributed by atoms with Gasteiger partial charge in [-0.25, -0.2) is 0 Å². The first kappa shape index (κ1) is 56.8. The molecule has 342 valence electrons. The number of carboxylic acids is 4. The van der Waals surface area contributed by atoms with E-state index in [1.807, 2.05) is 0 Å². The number of quaternary nitrogens is 4. The molecule has 2 heterocycles. The molecule has 27 heteroatoms. The first-order valence-electron chi connectivity index (χ1n) is 17.6. The van der Waals surface area contributed by atoms with Gasteiger partial charge in [-0.15, -0.1) is 0 Å². The van der Waals surface area contributed by atoms with Crippen LogP contribution in [-0.2, 0) is 42.9 Å². The number of aliphatic carboxylic acids is 4. The van der Waals surface area contributed by atoms with Crippen LogP contribution in [0.2, 0.25) is 0 Å². The molecular weight excluding hydrogens is 794 g/mol. The van der Waals surface area contributed by atoms with E-state index in [0.29, 0.717) is 0 Å². The molecule has 1 saturated carbocycles. The van der Waals surface area contributed by atoms with Crippen molar-refractivity contribution in [2.45, 2.75) is 144 Å². The van der Waals surface area contributed by atoms with Gasteiger partial charge in [-0.05, 0) is 27.7 Å². The van der Waals surface area contributed by atoms with E-state index in [-0.39, 0.29) is 26.0 Å². The topological polar surface area (TPSA) is 519 Å². The summed E-state index contributed by atoms with van der Waals surface area (Å²) < 4.78 is 22.9. The van der Waals surface area contributed by atoms with E-state index in [0.717, 1.165) is 27.7 Å². The van der Waals surface area contributed by atoms with Gasteiger partial charge in [0.1, 0.15) is 85.7 Å². The van der Waals surface area contributed by atoms with Crippen LogP contribution in [0.25, 0.3) is 0 Å². The number of nitrogens with one attached hydrogen (secondary N) is 1. The van der Waals surface area contributed by atoms with E-state index in [1.54, 1.807) is 0 Å². The third-order valence-corrected chi connectivity index (χ3v) is 8.10. The Labute approximate surface area is 331 Å². The monoisotopic (exact) mass is 855 g/mol. The lowest BCUT2D eigenvalue weighted by Crippen LogP contribution is -2.80. The SMILES string of the molecule is CC(=O)[O-].CC(=O)[O-].CC(=O)[O-].CC(=O)[O-].[NH3+]C[C@H]1O[C@H](O[C@H]2[C@H](O)[C@@H](O[C@@H]3O[C@@H](CO)[C@H](O)[C@@H]([NH3+])[C@@H]3O)[C@H](NC(=O)[C@@H](O)C[C@@H]([NH3+])CO)C[C@@H]2[NH3+])[C@H](O)[C@@H](O)[C@@H]1O. The lowest BCUT2D eigenvalue weighted by atomic mass is 9.83. The van der Waals surface area contributed by atoms with Crippen molar-refractivity contribution >= 4 is 29.8 Å². The minimum absolute atomic E-state index is 0.0272. The van der Waals surface area contributed by atoms with Crippen LogP contribution in [0.1, 0.15) is 40.5 Å². The van der Waals surface area contributed by atoms with Gasteiger partial charge < -0.3 is 133 Å². The summed E-state index contributed by atoms with van der Waals surface area (Å²) in [7, 11) is 0. The molecule has 0 spiro atoms. The number of carbonyl (C=O) groups excluding carboxylic acids is 5. The number of carbonyl (C=O) groups is 5. The molecule has 27 nitrogen and oxygen atoms in total. The zero-order valence-corrected chi connectivity index (χ0v) is 32.5. The fraction of sp³-hybridized carbons (Fsp3) is 0.839. The number of rotatable bonds is 11. The van der Waals surface area contributed by atoms with E-state index < -0.39 is 140 Å². The Balaban J connectivity index is 0. The smallest absolute Gasteiger partial charge is 0.249 e. The van der Waals surface area contributed by atoms with Crippen LogP contribution < -0.4 is 48.7 Å². The van der Waals surface area contributed by atoms with E-state index in [2.05, 4.69) is 28.3 Å². The van der Waals surface area contributed by atoms with Crippen LogP contribution in [0, 0.1) is 0 Å². The van der Waals surface area contributed by atoms with Crippen molar-refractivity contribution in [2.75, 3.05) is 19.8 Å². The van der Waals surface area contributed by atoms with Gasteiger partial charge in [0, 0.05) is 36.7 Å². The van der Waals surface area contributed by atoms with Crippen molar-refractivity contribution in [1.82, 2.24) is 5.32 Å². The first-order chi connectivity index (χ1) is 26.7. The second-order valence-electron chi connectivity index (χ2n) is 13.2. The van der Waals surface area contributed by atoms with Crippen molar-refractivity contribution in [2.24, 2.45) is 0 Å². The molecule has 3 rings (SSSR count). The summed E-state index contributed by atoms with van der Waals surface area (Å²) in [6, 6.07) is -3.55. The molecular formula is C31H61N5O22. The van der Waals surface area contributed by atoms with Crippen LogP contribution in [0.4, 0.5) is 0 Å². The van der Waals surface area contributed by atoms with Crippen LogP contribution in [0.5, 0.6) is 0 Å². The molecule has 1 aliphatic carbocycles. The average molecular weight is 856 g/mol. The standard InChI is InChI=1S/C23H45N5O14.4C2H4O2/c24-3-10-14(33)16(35)17(36)23(39-10)41-19-7(26)2-8(28-21(38)9(31)1-6(25)4-29)20(18(19)37)42-22-15(34)12(27)13(32)11(5-30)40-22;4*1-2(3)4/h6-20,22-23,29-37H,1-5,24-27H2,(H,28,38);4*1H3,(H,3,4)/t6-,7+,8-,9+,10-,11+,12-,13+,14-,15+,16+,17-,18+,19-,20+,22+,23-;;;;/m1..../s1. The Kier molecular flexibility index (Phi) is 27.6. The lowest BCUT2D eigenvalue weighted by molar-refractivity contribution is -0.494. The molecule has 0 aromatic heterocycles. The molecule has 22 N–H and O–H groups in total. The number of aliphatic hydroxyl groups excluding tert-OH is 9. The second kappa shape index (κ2) is 28.2. The highest BCUT2D eigenvalue weighted by Gasteiger charge is 2.54. The second-order valence-corrected chi connectivity index (χ2v) is 13.2. The van der Waals surface area contributed by atoms with Gasteiger partial charge in [-0.2, -0.15) is 0 Å². The summed E-state index contributed by atoms with van der Waals surface area (Å²) >= 11 is 0. The number of hydrogen-bond acceptors (Lipinski definition) is 22. The third-order valence-electron chi connectivity index (χ3n) is 8.10. The minimum Gasteiger partial charge on any atom is -0.550 e. The van der Waals surface area contributed by atoms with Crippen LogP contribution >= 0.6 is 0 Å². The maximum absolute atomic E-state index is 12.8. The van der Waals surface area contributed by atoms with Crippen molar-refractivity contribution in [3.05, 3.63) is 0 Å². The molecule has 0 aromatic carbocycles. The molecule has 3 aliphatic rings. The number of amides is 1. The van der Waals surface area contributed by atoms with Crippen molar-refractivity contribution in [3.8, 4) is 0 Å². The lowest BCUT2D eigenvalue weighted by Gasteiger charge is -2.47. The molecule has 0 bridgehead atoms. The quantitative estimate of drug-likeness (QED) is 0.0917. The normalized spacial score (nSPS) is 35.2. The molecule has 0 radical (unpaired) electrons. The summed E-state index contributed by atoms with van der Waals surface area (Å²) in [4.78, 5) is 48.4.